The Hall–Kier alpha value is -4.03. The highest BCUT2D eigenvalue weighted by Crippen LogP contribution is 2.27. The van der Waals surface area contributed by atoms with E-state index in [1.807, 2.05) is 25.4 Å². The van der Waals surface area contributed by atoms with Gasteiger partial charge in [0.05, 0.1) is 12.7 Å². The summed E-state index contributed by atoms with van der Waals surface area (Å²) in [7, 11) is 1.33. The molecule has 1 N–H and O–H groups in total. The van der Waals surface area contributed by atoms with Crippen LogP contribution >= 0.6 is 0 Å². The molecule has 6 nitrogen and oxygen atoms in total. The zero-order chi connectivity index (χ0) is 25.8. The first-order valence-corrected chi connectivity index (χ1v) is 12.6. The number of aryl methyl sites for hydroxylation is 1. The van der Waals surface area contributed by atoms with Crippen molar-refractivity contribution in [3.8, 4) is 0 Å². The van der Waals surface area contributed by atoms with Gasteiger partial charge in [-0.05, 0) is 84.6 Å². The van der Waals surface area contributed by atoms with Crippen molar-refractivity contribution in [1.29, 1.82) is 0 Å². The maximum atomic E-state index is 12.9. The molecule has 1 fully saturated rings. The Kier molecular flexibility index (Phi) is 7.28. The highest BCUT2D eigenvalue weighted by atomic mass is 16.5. The number of esters is 1. The Labute approximate surface area is 217 Å². The summed E-state index contributed by atoms with van der Waals surface area (Å²) in [4.78, 5) is 31.5. The molecule has 37 heavy (non-hydrogen) atoms. The van der Waals surface area contributed by atoms with Gasteiger partial charge >= 0.3 is 5.97 Å². The molecule has 1 unspecified atom stereocenters. The number of aromatic nitrogens is 1. The van der Waals surface area contributed by atoms with Crippen LogP contribution in [0.15, 0.2) is 79.1 Å². The third kappa shape index (κ3) is 5.70. The number of rotatable bonds is 7. The van der Waals surface area contributed by atoms with Gasteiger partial charge in [-0.3, -0.25) is 14.7 Å². The summed E-state index contributed by atoms with van der Waals surface area (Å²) in [5.41, 5.74) is 5.10. The van der Waals surface area contributed by atoms with Gasteiger partial charge in [0, 0.05) is 42.1 Å². The predicted molar refractivity (Wildman–Crippen MR) is 146 cm³/mol. The maximum Gasteiger partial charge on any atom is 0.337 e. The summed E-state index contributed by atoms with van der Waals surface area (Å²) in [6.45, 7) is 4.94. The van der Waals surface area contributed by atoms with Gasteiger partial charge < -0.3 is 10.1 Å². The molecule has 188 valence electrons. The van der Waals surface area contributed by atoms with Crippen LogP contribution < -0.4 is 5.32 Å². The Morgan fingerprint density at radius 3 is 2.76 bits per heavy atom. The first kappa shape index (κ1) is 24.7. The lowest BCUT2D eigenvalue weighted by Gasteiger charge is -2.18. The average molecular weight is 494 g/mol. The number of benzene rings is 3. The van der Waals surface area contributed by atoms with Gasteiger partial charge in [0.15, 0.2) is 0 Å². The van der Waals surface area contributed by atoms with Gasteiger partial charge in [-0.25, -0.2) is 4.79 Å². The average Bonchev–Trinajstić information content (AvgIpc) is 3.37. The quantitative estimate of drug-likeness (QED) is 0.337. The lowest BCUT2D eigenvalue weighted by atomic mass is 9.95. The molecule has 6 heteroatoms. The molecule has 0 aliphatic carbocycles. The Morgan fingerprint density at radius 2 is 1.89 bits per heavy atom. The minimum atomic E-state index is -0.464. The van der Waals surface area contributed by atoms with Crippen molar-refractivity contribution in [2.75, 3.05) is 25.5 Å². The number of hydrogen-bond donors (Lipinski definition) is 1. The van der Waals surface area contributed by atoms with Crippen molar-refractivity contribution < 1.29 is 14.3 Å². The van der Waals surface area contributed by atoms with E-state index in [1.165, 1.54) is 35.4 Å². The molecule has 0 bridgehead atoms. The van der Waals surface area contributed by atoms with Gasteiger partial charge in [-0.2, -0.15) is 0 Å². The van der Waals surface area contributed by atoms with Crippen LogP contribution in [0.3, 0.4) is 0 Å². The van der Waals surface area contributed by atoms with Crippen molar-refractivity contribution in [2.24, 2.45) is 5.92 Å². The van der Waals surface area contributed by atoms with Crippen molar-refractivity contribution in [3.63, 3.8) is 0 Å². The van der Waals surface area contributed by atoms with E-state index in [9.17, 15) is 9.59 Å². The van der Waals surface area contributed by atoms with E-state index in [-0.39, 0.29) is 5.91 Å². The van der Waals surface area contributed by atoms with Crippen molar-refractivity contribution >= 4 is 28.3 Å². The molecule has 0 saturated carbocycles. The van der Waals surface area contributed by atoms with E-state index in [1.54, 1.807) is 24.3 Å². The van der Waals surface area contributed by atoms with E-state index in [0.717, 1.165) is 37.3 Å². The molecule has 3 aromatic carbocycles. The first-order valence-electron chi connectivity index (χ1n) is 12.6. The minimum Gasteiger partial charge on any atom is -0.465 e. The van der Waals surface area contributed by atoms with Gasteiger partial charge in [0.2, 0.25) is 0 Å². The van der Waals surface area contributed by atoms with Crippen LogP contribution in [0.1, 0.15) is 43.8 Å². The van der Waals surface area contributed by atoms with Gasteiger partial charge in [0.1, 0.15) is 0 Å². The summed E-state index contributed by atoms with van der Waals surface area (Å²) in [6, 6.07) is 21.4. The lowest BCUT2D eigenvalue weighted by molar-refractivity contribution is 0.0600. The number of carbonyl (C=O) groups is 2. The number of hydrogen-bond acceptors (Lipinski definition) is 5. The van der Waals surface area contributed by atoms with Crippen LogP contribution in [0.5, 0.6) is 0 Å². The Bertz CT molecular complexity index is 1440. The number of pyridine rings is 1. The smallest absolute Gasteiger partial charge is 0.337 e. The maximum absolute atomic E-state index is 12.9. The number of methoxy groups -OCH3 is 1. The number of nitrogens with zero attached hydrogens (tertiary/aromatic N) is 2. The van der Waals surface area contributed by atoms with E-state index in [2.05, 4.69) is 51.6 Å². The lowest BCUT2D eigenvalue weighted by Crippen LogP contribution is -2.21. The molecule has 1 aliphatic heterocycles. The van der Waals surface area contributed by atoms with Crippen LogP contribution in [0, 0.1) is 12.8 Å². The van der Waals surface area contributed by atoms with Gasteiger partial charge in [0.25, 0.3) is 5.91 Å². The SMILES string of the molecule is COC(=O)c1cccc(C(=O)Nc2cc(CN3CCC(Cc4cccc5cnccc45)C3)ccc2C)c1. The molecule has 4 aromatic rings. The van der Waals surface area contributed by atoms with Crippen LogP contribution in [0.4, 0.5) is 5.69 Å². The standard InChI is InChI=1S/C31H31N3O3/c1-21-9-10-22(16-29(21)33-30(35)25-6-4-7-26(17-25)31(36)37-2)19-34-14-12-23(20-34)15-24-5-3-8-27-18-32-13-11-28(24)27/h3-11,13,16-18,23H,12,14-15,19-20H2,1-2H3,(H,33,35). The fraction of sp³-hybridized carbons (Fsp3) is 0.258. The second-order valence-electron chi connectivity index (χ2n) is 9.78. The molecule has 5 rings (SSSR count). The van der Waals surface area contributed by atoms with Crippen LogP contribution in [-0.4, -0.2) is 42.0 Å². The zero-order valence-electron chi connectivity index (χ0n) is 21.2. The largest absolute Gasteiger partial charge is 0.465 e. The molecule has 0 spiro atoms. The molecular formula is C31H31N3O3. The molecule has 1 aliphatic rings. The van der Waals surface area contributed by atoms with Gasteiger partial charge in [-0.15, -0.1) is 0 Å². The van der Waals surface area contributed by atoms with Crippen LogP contribution in [0.2, 0.25) is 0 Å². The molecule has 1 amide bonds. The monoisotopic (exact) mass is 493 g/mol. The third-order valence-corrected chi connectivity index (χ3v) is 7.15. The topological polar surface area (TPSA) is 71.5 Å². The second-order valence-corrected chi connectivity index (χ2v) is 9.78. The van der Waals surface area contributed by atoms with Gasteiger partial charge in [-0.1, -0.05) is 36.4 Å². The fourth-order valence-electron chi connectivity index (χ4n) is 5.16. The van der Waals surface area contributed by atoms with E-state index >= 15 is 0 Å². The van der Waals surface area contributed by atoms with Crippen LogP contribution in [-0.2, 0) is 17.7 Å². The van der Waals surface area contributed by atoms with Crippen molar-refractivity contribution in [3.05, 3.63) is 107 Å². The Morgan fingerprint density at radius 1 is 1.05 bits per heavy atom. The highest BCUT2D eigenvalue weighted by molar-refractivity contribution is 6.06. The molecule has 1 saturated heterocycles. The molecule has 0 radical (unpaired) electrons. The van der Waals surface area contributed by atoms with Crippen molar-refractivity contribution in [2.45, 2.75) is 26.3 Å². The first-order chi connectivity index (χ1) is 18.0. The predicted octanol–water partition coefficient (Wildman–Crippen LogP) is 5.65. The number of likely N-dealkylation sites (tertiary alicyclic amines) is 1. The molecule has 1 atom stereocenters. The number of nitrogens with one attached hydrogen (secondary N) is 1. The van der Waals surface area contributed by atoms with E-state index < -0.39 is 5.97 Å². The summed E-state index contributed by atoms with van der Waals surface area (Å²) in [5.74, 6) is -0.0998. The minimum absolute atomic E-state index is 0.252. The Balaban J connectivity index is 1.23. The summed E-state index contributed by atoms with van der Waals surface area (Å²) in [5, 5.41) is 5.51. The number of fused-ring (bicyclic) bond motifs is 1. The fourth-order valence-corrected chi connectivity index (χ4v) is 5.16. The highest BCUT2D eigenvalue weighted by Gasteiger charge is 2.23. The number of amides is 1. The summed E-state index contributed by atoms with van der Waals surface area (Å²) >= 11 is 0. The molecular weight excluding hydrogens is 462 g/mol. The normalized spacial score (nSPS) is 15.6. The second kappa shape index (κ2) is 10.9. The summed E-state index contributed by atoms with van der Waals surface area (Å²) < 4.78 is 4.77. The van der Waals surface area contributed by atoms with E-state index in [0.29, 0.717) is 17.0 Å². The summed E-state index contributed by atoms with van der Waals surface area (Å²) in [6.07, 6.45) is 6.05. The number of ether oxygens (including phenoxy) is 1. The van der Waals surface area contributed by atoms with E-state index in [4.69, 9.17) is 4.74 Å². The third-order valence-electron chi connectivity index (χ3n) is 7.15. The van der Waals surface area contributed by atoms with Crippen molar-refractivity contribution in [1.82, 2.24) is 9.88 Å². The molecule has 2 heterocycles. The number of carbonyl (C=O) groups excluding carboxylic acids is 2. The van der Waals surface area contributed by atoms with Crippen LogP contribution in [0.25, 0.3) is 10.8 Å². The number of anilines is 1. The molecule has 1 aromatic heterocycles. The zero-order valence-corrected chi connectivity index (χ0v) is 21.2.